The summed E-state index contributed by atoms with van der Waals surface area (Å²) in [6.45, 7) is 7.42. The van der Waals surface area contributed by atoms with Gasteiger partial charge in [0.1, 0.15) is 5.69 Å². The van der Waals surface area contributed by atoms with Gasteiger partial charge in [-0.1, -0.05) is 18.2 Å². The van der Waals surface area contributed by atoms with Gasteiger partial charge < -0.3 is 9.73 Å². The third kappa shape index (κ3) is 4.59. The molecule has 1 N–H and O–H groups in total. The molecule has 0 fully saturated rings. The summed E-state index contributed by atoms with van der Waals surface area (Å²) in [5, 5.41) is 21.3. The summed E-state index contributed by atoms with van der Waals surface area (Å²) in [5.74, 6) is 0.739. The highest BCUT2D eigenvalue weighted by Gasteiger charge is 2.22. The number of nitrogens with one attached hydrogen (secondary N) is 1. The summed E-state index contributed by atoms with van der Waals surface area (Å²) in [6.07, 6.45) is 6.62. The summed E-state index contributed by atoms with van der Waals surface area (Å²) in [5.41, 5.74) is 6.03. The van der Waals surface area contributed by atoms with Crippen molar-refractivity contribution in [3.05, 3.63) is 71.8 Å². The van der Waals surface area contributed by atoms with Gasteiger partial charge in [-0.05, 0) is 69.1 Å². The van der Waals surface area contributed by atoms with Crippen LogP contribution in [-0.2, 0) is 5.41 Å². The molecule has 1 aromatic carbocycles. The first kappa shape index (κ1) is 22.6. The fraction of sp³-hybridized carbons (Fsp3) is 0.259. The summed E-state index contributed by atoms with van der Waals surface area (Å²) in [4.78, 5) is 13.6. The molecular formula is C27H29N7O. The molecule has 0 amide bonds. The van der Waals surface area contributed by atoms with E-state index in [0.717, 1.165) is 30.6 Å². The lowest BCUT2D eigenvalue weighted by molar-refractivity contribution is 0.581. The fourth-order valence-electron chi connectivity index (χ4n) is 3.93. The number of rotatable bonds is 5. The molecule has 0 radical (unpaired) electrons. The molecule has 0 atom stereocenters. The molecule has 0 aliphatic carbocycles. The van der Waals surface area contributed by atoms with Crippen molar-refractivity contribution >= 4 is 5.57 Å². The molecule has 0 unspecified atom stereocenters. The normalized spacial score (nSPS) is 13.8. The summed E-state index contributed by atoms with van der Waals surface area (Å²) >= 11 is 0. The Morgan fingerprint density at radius 1 is 1.03 bits per heavy atom. The minimum absolute atomic E-state index is 0. The Morgan fingerprint density at radius 3 is 2.54 bits per heavy atom. The minimum Gasteiger partial charge on any atom is -0.415 e. The molecule has 0 saturated heterocycles. The van der Waals surface area contributed by atoms with Crippen molar-refractivity contribution in [3.8, 4) is 40.4 Å². The van der Waals surface area contributed by atoms with Crippen LogP contribution in [0.3, 0.4) is 0 Å². The van der Waals surface area contributed by atoms with E-state index in [1.165, 1.54) is 11.1 Å². The lowest BCUT2D eigenvalue weighted by Crippen LogP contribution is -2.19. The number of aryl methyl sites for hydroxylation is 1. The van der Waals surface area contributed by atoms with Crippen LogP contribution in [0.4, 0.5) is 0 Å². The number of hydrogen-bond acceptors (Lipinski definition) is 8. The Labute approximate surface area is 206 Å². The van der Waals surface area contributed by atoms with Crippen molar-refractivity contribution in [2.24, 2.45) is 0 Å². The van der Waals surface area contributed by atoms with Crippen LogP contribution < -0.4 is 5.32 Å². The van der Waals surface area contributed by atoms with Crippen LogP contribution in [0.15, 0.2) is 59.3 Å². The number of nitriles is 1. The predicted octanol–water partition coefficient (Wildman–Crippen LogP) is 5.23. The second-order valence-electron chi connectivity index (χ2n) is 9.03. The quantitative estimate of drug-likeness (QED) is 0.424. The second kappa shape index (κ2) is 9.20. The van der Waals surface area contributed by atoms with Crippen LogP contribution in [0.2, 0.25) is 0 Å². The number of benzene rings is 1. The van der Waals surface area contributed by atoms with Gasteiger partial charge in [0.25, 0.3) is 5.89 Å². The highest BCUT2D eigenvalue weighted by Crippen LogP contribution is 2.29. The molecular weight excluding hydrogens is 438 g/mol. The summed E-state index contributed by atoms with van der Waals surface area (Å²) in [7, 11) is 0. The first-order valence-corrected chi connectivity index (χ1v) is 11.5. The third-order valence-electron chi connectivity index (χ3n) is 6.13. The monoisotopic (exact) mass is 467 g/mol. The molecule has 8 nitrogen and oxygen atoms in total. The molecule has 178 valence electrons. The maximum atomic E-state index is 9.47. The zero-order chi connectivity index (χ0) is 24.4. The standard InChI is InChI=1S/C27H25N7O.2H2/c1-17-24(32-22(15-31-17)21-10-13-30-23(14-21)27(2,3)16-28)26-34-33-25(35-26)20-6-4-18(5-7-20)19-8-11-29-12-9-19;;/h4-8,10,13-15,29H,9,11-12H2,1-3H3;2*1H. The number of aromatic nitrogens is 5. The Morgan fingerprint density at radius 2 is 1.80 bits per heavy atom. The first-order chi connectivity index (χ1) is 16.9. The van der Waals surface area contributed by atoms with Gasteiger partial charge >= 0.3 is 0 Å². The van der Waals surface area contributed by atoms with Gasteiger partial charge in [-0.15, -0.1) is 10.2 Å². The molecule has 0 saturated carbocycles. The largest absolute Gasteiger partial charge is 0.415 e. The molecule has 0 bridgehead atoms. The van der Waals surface area contributed by atoms with E-state index in [0.29, 0.717) is 34.6 Å². The minimum atomic E-state index is -0.710. The maximum absolute atomic E-state index is 9.47. The van der Waals surface area contributed by atoms with Crippen molar-refractivity contribution in [2.45, 2.75) is 32.6 Å². The van der Waals surface area contributed by atoms with E-state index < -0.39 is 5.41 Å². The third-order valence-corrected chi connectivity index (χ3v) is 6.13. The molecule has 0 spiro atoms. The fourth-order valence-corrected chi connectivity index (χ4v) is 3.93. The van der Waals surface area contributed by atoms with Crippen LogP contribution >= 0.6 is 0 Å². The average molecular weight is 468 g/mol. The lowest BCUT2D eigenvalue weighted by atomic mass is 9.90. The molecule has 3 aromatic heterocycles. The van der Waals surface area contributed by atoms with E-state index >= 15 is 0 Å². The van der Waals surface area contributed by atoms with E-state index in [-0.39, 0.29) is 2.85 Å². The molecule has 1 aliphatic rings. The number of pyridine rings is 1. The van der Waals surface area contributed by atoms with Crippen molar-refractivity contribution < 1.29 is 7.27 Å². The van der Waals surface area contributed by atoms with E-state index in [1.54, 1.807) is 12.4 Å². The Kier molecular flexibility index (Phi) is 5.93. The van der Waals surface area contributed by atoms with E-state index in [1.807, 2.05) is 45.0 Å². The summed E-state index contributed by atoms with van der Waals surface area (Å²) in [6, 6.07) is 14.2. The SMILES string of the molecule is Cc1ncc(-c2ccnc(C(C)(C)C#N)c2)nc1-c1nnc(-c2ccc(C3=CCNCC3)cc2)o1.[HH].[HH]. The van der Waals surface area contributed by atoms with Gasteiger partial charge in [0.15, 0.2) is 0 Å². The van der Waals surface area contributed by atoms with E-state index in [4.69, 9.17) is 9.40 Å². The second-order valence-corrected chi connectivity index (χ2v) is 9.03. The molecule has 4 heterocycles. The van der Waals surface area contributed by atoms with Crippen LogP contribution in [0.5, 0.6) is 0 Å². The van der Waals surface area contributed by atoms with Crippen LogP contribution in [0.25, 0.3) is 39.9 Å². The van der Waals surface area contributed by atoms with Crippen molar-refractivity contribution in [1.29, 1.82) is 5.26 Å². The Bertz CT molecular complexity index is 1460. The van der Waals surface area contributed by atoms with E-state index in [2.05, 4.69) is 49.8 Å². The Balaban J connectivity index is 0.00000190. The van der Waals surface area contributed by atoms with Gasteiger partial charge in [0, 0.05) is 26.7 Å². The zero-order valence-electron chi connectivity index (χ0n) is 19.9. The first-order valence-electron chi connectivity index (χ1n) is 11.5. The Hall–Kier alpha value is -4.22. The highest BCUT2D eigenvalue weighted by atomic mass is 16.4. The zero-order valence-corrected chi connectivity index (χ0v) is 19.9. The van der Waals surface area contributed by atoms with Crippen LogP contribution in [-0.4, -0.2) is 38.2 Å². The molecule has 35 heavy (non-hydrogen) atoms. The average Bonchev–Trinajstić information content (AvgIpc) is 3.40. The molecule has 8 heteroatoms. The van der Waals surface area contributed by atoms with Crippen molar-refractivity contribution in [3.63, 3.8) is 0 Å². The van der Waals surface area contributed by atoms with Crippen LogP contribution in [0.1, 0.15) is 40.1 Å². The van der Waals surface area contributed by atoms with Crippen molar-refractivity contribution in [2.75, 3.05) is 13.1 Å². The highest BCUT2D eigenvalue weighted by molar-refractivity contribution is 5.69. The maximum Gasteiger partial charge on any atom is 0.268 e. The van der Waals surface area contributed by atoms with Crippen molar-refractivity contribution in [1.82, 2.24) is 30.5 Å². The molecule has 1 aliphatic heterocycles. The van der Waals surface area contributed by atoms with Gasteiger partial charge in [-0.25, -0.2) is 4.98 Å². The number of nitrogens with zero attached hydrogens (tertiary/aromatic N) is 6. The smallest absolute Gasteiger partial charge is 0.268 e. The summed E-state index contributed by atoms with van der Waals surface area (Å²) < 4.78 is 6.00. The van der Waals surface area contributed by atoms with E-state index in [9.17, 15) is 5.26 Å². The number of hydrogen-bond donors (Lipinski definition) is 1. The molecule has 4 aromatic rings. The van der Waals surface area contributed by atoms with Gasteiger partial charge in [-0.2, -0.15) is 5.26 Å². The van der Waals surface area contributed by atoms with Gasteiger partial charge in [-0.3, -0.25) is 9.97 Å². The molecule has 5 rings (SSSR count). The topological polar surface area (TPSA) is 113 Å². The predicted molar refractivity (Wildman–Crippen MR) is 137 cm³/mol. The van der Waals surface area contributed by atoms with Crippen LogP contribution in [0, 0.1) is 18.3 Å². The van der Waals surface area contributed by atoms with Gasteiger partial charge in [0.05, 0.1) is 34.8 Å². The lowest BCUT2D eigenvalue weighted by Gasteiger charge is -2.15. The van der Waals surface area contributed by atoms with Gasteiger partial charge in [0.2, 0.25) is 5.89 Å².